The Balaban J connectivity index is 2.37. The lowest BCUT2D eigenvalue weighted by Gasteiger charge is -2.34. The lowest BCUT2D eigenvalue weighted by atomic mass is 10.0. The van der Waals surface area contributed by atoms with Gasteiger partial charge in [-0.2, -0.15) is 13.2 Å². The summed E-state index contributed by atoms with van der Waals surface area (Å²) in [6.45, 7) is 0.0394. The van der Waals surface area contributed by atoms with Crippen LogP contribution < -0.4 is 10.7 Å². The fourth-order valence-corrected chi connectivity index (χ4v) is 2.21. The molecule has 19 heavy (non-hydrogen) atoms. The summed E-state index contributed by atoms with van der Waals surface area (Å²) in [5.41, 5.74) is 2.40. The molecule has 0 aromatic heterocycles. The third kappa shape index (κ3) is 3.02. The molecule has 0 saturated heterocycles. The smallest absolute Gasteiger partial charge is 0.290 e. The van der Waals surface area contributed by atoms with Gasteiger partial charge in [-0.1, -0.05) is 29.8 Å². The van der Waals surface area contributed by atoms with Crippen molar-refractivity contribution in [3.8, 4) is 0 Å². The van der Waals surface area contributed by atoms with Crippen LogP contribution in [-0.4, -0.2) is 24.9 Å². The summed E-state index contributed by atoms with van der Waals surface area (Å²) >= 11 is 6.01. The van der Waals surface area contributed by atoms with Crippen LogP contribution in [0.1, 0.15) is 11.6 Å². The highest BCUT2D eigenvalue weighted by atomic mass is 35.5. The Hall–Kier alpha value is -1.24. The SMILES string of the molecule is CNN1CNC(c2ccccc2Cl)C=C1C(F)(F)F. The van der Waals surface area contributed by atoms with E-state index in [9.17, 15) is 13.2 Å². The number of hydrazine groups is 1. The molecule has 2 N–H and O–H groups in total. The summed E-state index contributed by atoms with van der Waals surface area (Å²) in [6, 6.07) is 6.29. The van der Waals surface area contributed by atoms with Crippen LogP contribution in [0.2, 0.25) is 5.02 Å². The van der Waals surface area contributed by atoms with E-state index < -0.39 is 17.9 Å². The third-order valence-electron chi connectivity index (χ3n) is 2.89. The minimum absolute atomic E-state index is 0.0394. The lowest BCUT2D eigenvalue weighted by molar-refractivity contribution is -0.119. The monoisotopic (exact) mass is 291 g/mol. The van der Waals surface area contributed by atoms with Crippen molar-refractivity contribution < 1.29 is 13.2 Å². The zero-order valence-corrected chi connectivity index (χ0v) is 10.9. The van der Waals surface area contributed by atoms with Crippen molar-refractivity contribution in [3.63, 3.8) is 0 Å². The standard InChI is InChI=1S/C12H13ClF3N3/c1-17-19-7-18-10(6-11(19)12(14,15)16)8-4-2-3-5-9(8)13/h2-6,10,17-18H,7H2,1H3. The van der Waals surface area contributed by atoms with Gasteiger partial charge in [0.1, 0.15) is 5.70 Å². The molecular formula is C12H13ClF3N3. The summed E-state index contributed by atoms with van der Waals surface area (Å²) in [5, 5.41) is 4.43. The Morgan fingerprint density at radius 2 is 2.05 bits per heavy atom. The predicted octanol–water partition coefficient (Wildman–Crippen LogP) is 2.82. The lowest BCUT2D eigenvalue weighted by Crippen LogP contribution is -2.49. The maximum Gasteiger partial charge on any atom is 0.432 e. The fourth-order valence-electron chi connectivity index (χ4n) is 1.96. The molecule has 0 radical (unpaired) electrons. The second kappa shape index (κ2) is 5.40. The van der Waals surface area contributed by atoms with Crippen molar-refractivity contribution in [2.45, 2.75) is 12.2 Å². The molecule has 1 unspecified atom stereocenters. The normalized spacial score (nSPS) is 20.4. The summed E-state index contributed by atoms with van der Waals surface area (Å²) < 4.78 is 38.9. The summed E-state index contributed by atoms with van der Waals surface area (Å²) in [6.07, 6.45) is -3.29. The molecule has 1 aliphatic rings. The average Bonchev–Trinajstić information content (AvgIpc) is 2.37. The fraction of sp³-hybridized carbons (Fsp3) is 0.333. The van der Waals surface area contributed by atoms with Gasteiger partial charge in [-0.15, -0.1) is 0 Å². The molecule has 1 atom stereocenters. The summed E-state index contributed by atoms with van der Waals surface area (Å²) in [4.78, 5) is 0. The van der Waals surface area contributed by atoms with E-state index in [1.54, 1.807) is 24.3 Å². The van der Waals surface area contributed by atoms with E-state index in [0.717, 1.165) is 11.1 Å². The maximum atomic E-state index is 13.0. The van der Waals surface area contributed by atoms with Crippen LogP contribution in [0.5, 0.6) is 0 Å². The number of nitrogens with one attached hydrogen (secondary N) is 2. The molecule has 3 nitrogen and oxygen atoms in total. The van der Waals surface area contributed by atoms with E-state index >= 15 is 0 Å². The van der Waals surface area contributed by atoms with Crippen molar-refractivity contribution in [2.75, 3.05) is 13.7 Å². The first-order valence-electron chi connectivity index (χ1n) is 5.65. The van der Waals surface area contributed by atoms with Gasteiger partial charge < -0.3 is 0 Å². The van der Waals surface area contributed by atoms with Crippen LogP contribution in [-0.2, 0) is 0 Å². The third-order valence-corrected chi connectivity index (χ3v) is 3.23. The van der Waals surface area contributed by atoms with Gasteiger partial charge >= 0.3 is 6.18 Å². The predicted molar refractivity (Wildman–Crippen MR) is 67.2 cm³/mol. The number of alkyl halides is 3. The topological polar surface area (TPSA) is 27.3 Å². The van der Waals surface area contributed by atoms with Crippen molar-refractivity contribution >= 4 is 11.6 Å². The number of rotatable bonds is 2. The second-order valence-corrected chi connectivity index (χ2v) is 4.47. The van der Waals surface area contributed by atoms with Gasteiger partial charge in [0.15, 0.2) is 0 Å². The van der Waals surface area contributed by atoms with Gasteiger partial charge in [0, 0.05) is 12.1 Å². The molecule has 1 aliphatic heterocycles. The Morgan fingerprint density at radius 1 is 1.37 bits per heavy atom. The number of hydrogen-bond acceptors (Lipinski definition) is 3. The molecule has 0 aliphatic carbocycles. The van der Waals surface area contributed by atoms with E-state index in [1.807, 2.05) is 0 Å². The molecule has 1 aromatic rings. The number of benzene rings is 1. The molecule has 0 fully saturated rings. The van der Waals surface area contributed by atoms with Gasteiger partial charge in [0.05, 0.1) is 12.7 Å². The maximum absolute atomic E-state index is 13.0. The average molecular weight is 292 g/mol. The van der Waals surface area contributed by atoms with Gasteiger partial charge in [0.25, 0.3) is 0 Å². The van der Waals surface area contributed by atoms with E-state index in [-0.39, 0.29) is 6.67 Å². The van der Waals surface area contributed by atoms with Crippen LogP contribution in [0.25, 0.3) is 0 Å². The van der Waals surface area contributed by atoms with Crippen molar-refractivity contribution in [3.05, 3.63) is 46.6 Å². The van der Waals surface area contributed by atoms with E-state index in [2.05, 4.69) is 10.7 Å². The van der Waals surface area contributed by atoms with E-state index in [4.69, 9.17) is 11.6 Å². The van der Waals surface area contributed by atoms with Gasteiger partial charge in [0.2, 0.25) is 0 Å². The van der Waals surface area contributed by atoms with E-state index in [0.29, 0.717) is 10.6 Å². The molecular weight excluding hydrogens is 279 g/mol. The molecule has 0 spiro atoms. The first-order valence-corrected chi connectivity index (χ1v) is 6.03. The number of allylic oxidation sites excluding steroid dienone is 1. The Labute approximate surface area is 114 Å². The number of nitrogens with zero attached hydrogens (tertiary/aromatic N) is 1. The molecule has 0 amide bonds. The quantitative estimate of drug-likeness (QED) is 0.877. The molecule has 0 saturated carbocycles. The molecule has 0 bridgehead atoms. The molecule has 2 rings (SSSR count). The van der Waals surface area contributed by atoms with Crippen molar-refractivity contribution in [1.29, 1.82) is 0 Å². The highest BCUT2D eigenvalue weighted by Crippen LogP contribution is 2.34. The second-order valence-electron chi connectivity index (χ2n) is 4.06. The van der Waals surface area contributed by atoms with Gasteiger partial charge in [-0.25, -0.2) is 5.43 Å². The van der Waals surface area contributed by atoms with Crippen LogP contribution in [0.15, 0.2) is 36.0 Å². The van der Waals surface area contributed by atoms with Crippen LogP contribution >= 0.6 is 11.6 Å². The minimum Gasteiger partial charge on any atom is -0.290 e. The van der Waals surface area contributed by atoms with Gasteiger partial charge in [-0.05, 0) is 17.7 Å². The van der Waals surface area contributed by atoms with Gasteiger partial charge in [-0.3, -0.25) is 10.3 Å². The number of halogens is 4. The first kappa shape index (κ1) is 14.2. The highest BCUT2D eigenvalue weighted by Gasteiger charge is 2.40. The Bertz CT molecular complexity index is 487. The molecule has 104 valence electrons. The highest BCUT2D eigenvalue weighted by molar-refractivity contribution is 6.31. The van der Waals surface area contributed by atoms with E-state index in [1.165, 1.54) is 7.05 Å². The Morgan fingerprint density at radius 3 is 2.63 bits per heavy atom. The largest absolute Gasteiger partial charge is 0.432 e. The van der Waals surface area contributed by atoms with Crippen LogP contribution in [0.3, 0.4) is 0 Å². The zero-order chi connectivity index (χ0) is 14.0. The summed E-state index contributed by atoms with van der Waals surface area (Å²) in [7, 11) is 1.44. The van der Waals surface area contributed by atoms with Crippen molar-refractivity contribution in [1.82, 2.24) is 15.8 Å². The molecule has 1 heterocycles. The molecule has 1 aromatic carbocycles. The molecule has 7 heteroatoms. The van der Waals surface area contributed by atoms with Crippen LogP contribution in [0, 0.1) is 0 Å². The Kier molecular flexibility index (Phi) is 4.03. The number of hydrogen-bond donors (Lipinski definition) is 2. The van der Waals surface area contributed by atoms with Crippen molar-refractivity contribution in [2.24, 2.45) is 0 Å². The minimum atomic E-state index is -4.41. The first-order chi connectivity index (χ1) is 8.93. The van der Waals surface area contributed by atoms with Crippen LogP contribution in [0.4, 0.5) is 13.2 Å². The summed E-state index contributed by atoms with van der Waals surface area (Å²) in [5.74, 6) is 0. The zero-order valence-electron chi connectivity index (χ0n) is 10.1.